The number of fused-ring (bicyclic) bond motifs is 2. The Kier molecular flexibility index (Phi) is 5.28. The first-order valence-electron chi connectivity index (χ1n) is 10.1. The largest absolute Gasteiger partial charge is 0.344 e. The number of benzene rings is 2. The van der Waals surface area contributed by atoms with Crippen molar-refractivity contribution in [3.05, 3.63) is 59.7 Å². The fourth-order valence-corrected chi connectivity index (χ4v) is 4.54. The van der Waals surface area contributed by atoms with Crippen molar-refractivity contribution in [2.45, 2.75) is 32.2 Å². The average molecular weight is 350 g/mol. The molecule has 1 saturated heterocycles. The minimum Gasteiger partial charge on any atom is -0.344 e. The van der Waals surface area contributed by atoms with E-state index in [1.54, 1.807) is 0 Å². The van der Waals surface area contributed by atoms with Gasteiger partial charge in [-0.2, -0.15) is 0 Å². The van der Waals surface area contributed by atoms with Crippen molar-refractivity contribution in [2.75, 3.05) is 44.7 Å². The van der Waals surface area contributed by atoms with Crippen LogP contribution in [0.25, 0.3) is 0 Å². The molecule has 1 unspecified atom stereocenters. The van der Waals surface area contributed by atoms with Crippen molar-refractivity contribution in [1.82, 2.24) is 9.80 Å². The molecule has 3 heteroatoms. The van der Waals surface area contributed by atoms with Crippen LogP contribution in [-0.2, 0) is 6.42 Å². The van der Waals surface area contributed by atoms with E-state index in [4.69, 9.17) is 0 Å². The van der Waals surface area contributed by atoms with Crippen LogP contribution in [0.5, 0.6) is 0 Å². The molecule has 0 aliphatic carbocycles. The van der Waals surface area contributed by atoms with Gasteiger partial charge in [-0.3, -0.25) is 4.90 Å². The van der Waals surface area contributed by atoms with Gasteiger partial charge in [-0.25, -0.2) is 0 Å². The second kappa shape index (κ2) is 7.81. The summed E-state index contributed by atoms with van der Waals surface area (Å²) in [5.41, 5.74) is 5.65. The number of anilines is 2. The van der Waals surface area contributed by atoms with E-state index in [-0.39, 0.29) is 0 Å². The third-order valence-electron chi connectivity index (χ3n) is 6.10. The average Bonchev–Trinajstić information content (AvgIpc) is 2.82. The molecular weight excluding hydrogens is 318 g/mol. The zero-order valence-electron chi connectivity index (χ0n) is 16.2. The summed E-state index contributed by atoms with van der Waals surface area (Å²) in [6, 6.07) is 18.4. The van der Waals surface area contributed by atoms with Crippen LogP contribution < -0.4 is 4.90 Å². The monoisotopic (exact) mass is 349 g/mol. The van der Waals surface area contributed by atoms with Gasteiger partial charge in [0.05, 0.1) is 0 Å². The van der Waals surface area contributed by atoms with Crippen LogP contribution in [0.15, 0.2) is 48.5 Å². The number of piperazine rings is 1. The van der Waals surface area contributed by atoms with Crippen molar-refractivity contribution >= 4 is 11.4 Å². The summed E-state index contributed by atoms with van der Waals surface area (Å²) in [6.07, 6.45) is 3.72. The van der Waals surface area contributed by atoms with Crippen molar-refractivity contribution in [2.24, 2.45) is 0 Å². The molecule has 2 aromatic carbocycles. The summed E-state index contributed by atoms with van der Waals surface area (Å²) >= 11 is 0. The maximum absolute atomic E-state index is 2.72. The maximum Gasteiger partial charge on any atom is 0.0456 e. The first kappa shape index (κ1) is 17.6. The summed E-state index contributed by atoms with van der Waals surface area (Å²) in [6.45, 7) is 8.30. The Morgan fingerprint density at radius 2 is 1.58 bits per heavy atom. The molecule has 0 aromatic heterocycles. The van der Waals surface area contributed by atoms with E-state index in [0.29, 0.717) is 6.04 Å². The van der Waals surface area contributed by atoms with Crippen molar-refractivity contribution in [3.63, 3.8) is 0 Å². The molecular formula is C23H31N3. The Morgan fingerprint density at radius 1 is 0.885 bits per heavy atom. The van der Waals surface area contributed by atoms with Crippen LogP contribution in [0, 0.1) is 0 Å². The van der Waals surface area contributed by atoms with Gasteiger partial charge in [-0.15, -0.1) is 0 Å². The Morgan fingerprint density at radius 3 is 2.35 bits per heavy atom. The molecule has 0 saturated carbocycles. The normalized spacial score (nSPS) is 21.2. The lowest BCUT2D eigenvalue weighted by Gasteiger charge is -2.39. The molecule has 2 aliphatic rings. The molecule has 138 valence electrons. The van der Waals surface area contributed by atoms with Crippen molar-refractivity contribution in [3.8, 4) is 0 Å². The second-order valence-electron chi connectivity index (χ2n) is 7.70. The van der Waals surface area contributed by atoms with E-state index in [0.717, 1.165) is 6.42 Å². The SMILES string of the molecule is CCCCN1CCN(C2Cc3ccccc3N(C)c3ccccc32)CC1. The number of unbranched alkanes of at least 4 members (excludes halogenated alkanes) is 1. The van der Waals surface area contributed by atoms with Gasteiger partial charge in [-0.05, 0) is 42.6 Å². The zero-order valence-corrected chi connectivity index (χ0v) is 16.2. The van der Waals surface area contributed by atoms with Gasteiger partial charge in [0.25, 0.3) is 0 Å². The van der Waals surface area contributed by atoms with Gasteiger partial charge in [0.1, 0.15) is 0 Å². The highest BCUT2D eigenvalue weighted by atomic mass is 15.3. The highest BCUT2D eigenvalue weighted by Gasteiger charge is 2.30. The summed E-state index contributed by atoms with van der Waals surface area (Å²) in [5, 5.41) is 0. The molecule has 0 bridgehead atoms. The summed E-state index contributed by atoms with van der Waals surface area (Å²) in [4.78, 5) is 7.74. The number of hydrogen-bond acceptors (Lipinski definition) is 3. The summed E-state index contributed by atoms with van der Waals surface area (Å²) in [5.74, 6) is 0. The smallest absolute Gasteiger partial charge is 0.0456 e. The highest BCUT2D eigenvalue weighted by molar-refractivity contribution is 5.71. The Balaban J connectivity index is 1.61. The van der Waals surface area contributed by atoms with Gasteiger partial charge >= 0.3 is 0 Å². The van der Waals surface area contributed by atoms with Gasteiger partial charge in [0.2, 0.25) is 0 Å². The number of hydrogen-bond donors (Lipinski definition) is 0. The van der Waals surface area contributed by atoms with E-state index >= 15 is 0 Å². The molecule has 1 fully saturated rings. The van der Waals surface area contributed by atoms with E-state index in [1.807, 2.05) is 0 Å². The number of rotatable bonds is 4. The minimum atomic E-state index is 0.477. The zero-order chi connectivity index (χ0) is 17.9. The second-order valence-corrected chi connectivity index (χ2v) is 7.70. The standard InChI is InChI=1S/C23H31N3/c1-3-4-13-25-14-16-26(17-15-25)23-18-19-9-5-7-11-21(19)24(2)22-12-8-6-10-20(22)23/h5-12,23H,3-4,13-18H2,1-2H3. The first-order valence-corrected chi connectivity index (χ1v) is 10.1. The molecule has 26 heavy (non-hydrogen) atoms. The molecule has 2 aromatic rings. The third-order valence-corrected chi connectivity index (χ3v) is 6.10. The predicted molar refractivity (Wildman–Crippen MR) is 110 cm³/mol. The van der Waals surface area contributed by atoms with E-state index in [1.165, 1.54) is 68.1 Å². The van der Waals surface area contributed by atoms with E-state index in [2.05, 4.69) is 77.2 Å². The van der Waals surface area contributed by atoms with Crippen molar-refractivity contribution < 1.29 is 0 Å². The van der Waals surface area contributed by atoms with Crippen LogP contribution in [0.2, 0.25) is 0 Å². The van der Waals surface area contributed by atoms with Crippen LogP contribution >= 0.6 is 0 Å². The Labute approximate surface area is 158 Å². The fraction of sp³-hybridized carbons (Fsp3) is 0.478. The molecule has 0 radical (unpaired) electrons. The number of para-hydroxylation sites is 2. The first-order chi connectivity index (χ1) is 12.8. The topological polar surface area (TPSA) is 9.72 Å². The lowest BCUT2D eigenvalue weighted by molar-refractivity contribution is 0.0950. The van der Waals surface area contributed by atoms with Gasteiger partial charge < -0.3 is 9.80 Å². The quantitative estimate of drug-likeness (QED) is 0.806. The van der Waals surface area contributed by atoms with Gasteiger partial charge in [-0.1, -0.05) is 49.7 Å². The predicted octanol–water partition coefficient (Wildman–Crippen LogP) is 4.47. The minimum absolute atomic E-state index is 0.477. The van der Waals surface area contributed by atoms with E-state index < -0.39 is 0 Å². The Bertz CT molecular complexity index is 734. The Hall–Kier alpha value is -1.84. The van der Waals surface area contributed by atoms with Crippen LogP contribution in [0.1, 0.15) is 36.9 Å². The number of nitrogens with zero attached hydrogens (tertiary/aromatic N) is 3. The third kappa shape index (κ3) is 3.38. The van der Waals surface area contributed by atoms with Gasteiger partial charge in [0, 0.05) is 50.6 Å². The lowest BCUT2D eigenvalue weighted by Crippen LogP contribution is -2.48. The molecule has 1 atom stereocenters. The molecule has 0 N–H and O–H groups in total. The molecule has 0 amide bonds. The maximum atomic E-state index is 2.72. The molecule has 2 aliphatic heterocycles. The highest BCUT2D eigenvalue weighted by Crippen LogP contribution is 2.41. The van der Waals surface area contributed by atoms with E-state index in [9.17, 15) is 0 Å². The molecule has 3 nitrogen and oxygen atoms in total. The molecule has 0 spiro atoms. The van der Waals surface area contributed by atoms with Gasteiger partial charge in [0.15, 0.2) is 0 Å². The molecule has 4 rings (SSSR count). The van der Waals surface area contributed by atoms with Crippen LogP contribution in [0.3, 0.4) is 0 Å². The molecule has 2 heterocycles. The van der Waals surface area contributed by atoms with Crippen molar-refractivity contribution in [1.29, 1.82) is 0 Å². The fourth-order valence-electron chi connectivity index (χ4n) is 4.54. The van der Waals surface area contributed by atoms with Crippen LogP contribution in [0.4, 0.5) is 11.4 Å². The summed E-state index contributed by atoms with van der Waals surface area (Å²) < 4.78 is 0. The summed E-state index contributed by atoms with van der Waals surface area (Å²) in [7, 11) is 2.21. The van der Waals surface area contributed by atoms with Crippen LogP contribution in [-0.4, -0.2) is 49.6 Å². The lowest BCUT2D eigenvalue weighted by atomic mass is 9.96.